The van der Waals surface area contributed by atoms with Crippen molar-refractivity contribution in [2.24, 2.45) is 11.7 Å². The lowest BCUT2D eigenvalue weighted by atomic mass is 10.1. The van der Waals surface area contributed by atoms with Crippen molar-refractivity contribution >= 4 is 5.65 Å². The van der Waals surface area contributed by atoms with Gasteiger partial charge in [-0.1, -0.05) is 13.8 Å². The van der Waals surface area contributed by atoms with Gasteiger partial charge in [0.15, 0.2) is 11.5 Å². The molecule has 0 bridgehead atoms. The van der Waals surface area contributed by atoms with Gasteiger partial charge in [0.1, 0.15) is 5.82 Å². The number of halogens is 1. The van der Waals surface area contributed by atoms with Crippen LogP contribution in [0.1, 0.15) is 25.7 Å². The van der Waals surface area contributed by atoms with E-state index in [2.05, 4.69) is 15.3 Å². The summed E-state index contributed by atoms with van der Waals surface area (Å²) in [7, 11) is 0. The average Bonchev–Trinajstić information content (AvgIpc) is 2.90. The number of rotatable bonds is 3. The summed E-state index contributed by atoms with van der Waals surface area (Å²) >= 11 is 0. The van der Waals surface area contributed by atoms with E-state index in [1.807, 2.05) is 26.0 Å². The molecule has 3 rings (SSSR count). The predicted octanol–water partition coefficient (Wildman–Crippen LogP) is 2.59. The van der Waals surface area contributed by atoms with E-state index in [1.165, 1.54) is 12.1 Å². The van der Waals surface area contributed by atoms with Crippen molar-refractivity contribution in [3.05, 3.63) is 48.0 Å². The Hall–Kier alpha value is -2.34. The molecule has 21 heavy (non-hydrogen) atoms. The minimum Gasteiger partial charge on any atom is -0.321 e. The molecule has 0 aliphatic rings. The minimum absolute atomic E-state index is 0.230. The number of hydrogen-bond donors (Lipinski definition) is 1. The van der Waals surface area contributed by atoms with Crippen molar-refractivity contribution in [1.29, 1.82) is 0 Å². The molecule has 0 aliphatic carbocycles. The van der Waals surface area contributed by atoms with Crippen molar-refractivity contribution in [3.63, 3.8) is 0 Å². The van der Waals surface area contributed by atoms with Crippen LogP contribution in [-0.4, -0.2) is 19.8 Å². The van der Waals surface area contributed by atoms with Gasteiger partial charge in [-0.05, 0) is 42.3 Å². The summed E-state index contributed by atoms with van der Waals surface area (Å²) in [4.78, 5) is 0. The number of nitrogens with two attached hydrogens (primary N) is 1. The Bertz CT molecular complexity index is 763. The molecule has 1 aromatic carbocycles. The second-order valence-corrected chi connectivity index (χ2v) is 5.32. The van der Waals surface area contributed by atoms with Crippen LogP contribution in [0.5, 0.6) is 0 Å². The van der Waals surface area contributed by atoms with Crippen LogP contribution in [0, 0.1) is 11.7 Å². The normalized spacial score (nSPS) is 13.0. The quantitative estimate of drug-likeness (QED) is 0.803. The Morgan fingerprint density at radius 3 is 2.43 bits per heavy atom. The highest BCUT2D eigenvalue weighted by molar-refractivity contribution is 5.60. The van der Waals surface area contributed by atoms with Crippen LogP contribution >= 0.6 is 0 Å². The lowest BCUT2D eigenvalue weighted by Crippen LogP contribution is -2.20. The van der Waals surface area contributed by atoms with Crippen LogP contribution in [-0.2, 0) is 0 Å². The molecule has 0 fully saturated rings. The van der Waals surface area contributed by atoms with Gasteiger partial charge in [-0.3, -0.25) is 0 Å². The number of aromatic nitrogens is 4. The molecule has 5 nitrogen and oxygen atoms in total. The van der Waals surface area contributed by atoms with E-state index >= 15 is 0 Å². The highest BCUT2D eigenvalue weighted by atomic mass is 19.1. The summed E-state index contributed by atoms with van der Waals surface area (Å²) in [6.45, 7) is 4.05. The van der Waals surface area contributed by atoms with E-state index in [9.17, 15) is 4.39 Å². The largest absolute Gasteiger partial charge is 0.321 e. The summed E-state index contributed by atoms with van der Waals surface area (Å²) in [6.07, 6.45) is 0. The van der Waals surface area contributed by atoms with E-state index in [1.54, 1.807) is 16.6 Å². The Labute approximate surface area is 121 Å². The van der Waals surface area contributed by atoms with Crippen LogP contribution < -0.4 is 5.73 Å². The SMILES string of the molecule is CC(C)C(N)c1nnc2ccc(-c3ccc(F)cc3)nn12. The zero-order chi connectivity index (χ0) is 15.0. The molecule has 2 heterocycles. The Morgan fingerprint density at radius 1 is 1.05 bits per heavy atom. The van der Waals surface area contributed by atoms with Gasteiger partial charge in [0, 0.05) is 5.56 Å². The topological polar surface area (TPSA) is 69.1 Å². The maximum Gasteiger partial charge on any atom is 0.178 e. The maximum atomic E-state index is 13.0. The second kappa shape index (κ2) is 5.21. The monoisotopic (exact) mass is 285 g/mol. The Kier molecular flexibility index (Phi) is 3.39. The summed E-state index contributed by atoms with van der Waals surface area (Å²) in [5, 5.41) is 12.7. The van der Waals surface area contributed by atoms with Crippen molar-refractivity contribution in [2.75, 3.05) is 0 Å². The van der Waals surface area contributed by atoms with Crippen molar-refractivity contribution in [3.8, 4) is 11.3 Å². The first-order valence-corrected chi connectivity index (χ1v) is 6.80. The molecule has 6 heteroatoms. The van der Waals surface area contributed by atoms with Gasteiger partial charge in [0.25, 0.3) is 0 Å². The van der Waals surface area contributed by atoms with Gasteiger partial charge in [0.05, 0.1) is 11.7 Å². The summed E-state index contributed by atoms with van der Waals surface area (Å²) < 4.78 is 14.7. The van der Waals surface area contributed by atoms with Gasteiger partial charge in [-0.15, -0.1) is 10.2 Å². The zero-order valence-corrected chi connectivity index (χ0v) is 11.9. The van der Waals surface area contributed by atoms with Crippen LogP contribution in [0.3, 0.4) is 0 Å². The Balaban J connectivity index is 2.10. The smallest absolute Gasteiger partial charge is 0.178 e. The lowest BCUT2D eigenvalue weighted by Gasteiger charge is -2.13. The molecule has 0 saturated carbocycles. The molecule has 0 aliphatic heterocycles. The van der Waals surface area contributed by atoms with E-state index in [0.717, 1.165) is 11.3 Å². The molecule has 0 radical (unpaired) electrons. The molecule has 3 aromatic rings. The molecule has 108 valence electrons. The van der Waals surface area contributed by atoms with Gasteiger partial charge in [0.2, 0.25) is 0 Å². The molecule has 2 aromatic heterocycles. The number of fused-ring (bicyclic) bond motifs is 1. The van der Waals surface area contributed by atoms with Crippen LogP contribution in [0.4, 0.5) is 4.39 Å². The molecule has 1 unspecified atom stereocenters. The number of hydrogen-bond acceptors (Lipinski definition) is 4. The first-order valence-electron chi connectivity index (χ1n) is 6.80. The van der Waals surface area contributed by atoms with Gasteiger partial charge in [-0.25, -0.2) is 4.39 Å². The highest BCUT2D eigenvalue weighted by Gasteiger charge is 2.18. The fraction of sp³-hybridized carbons (Fsp3) is 0.267. The van der Waals surface area contributed by atoms with Gasteiger partial charge >= 0.3 is 0 Å². The van der Waals surface area contributed by atoms with Gasteiger partial charge < -0.3 is 5.73 Å². The fourth-order valence-electron chi connectivity index (χ4n) is 2.09. The average molecular weight is 285 g/mol. The molecule has 0 spiro atoms. The van der Waals surface area contributed by atoms with E-state index in [0.29, 0.717) is 11.5 Å². The van der Waals surface area contributed by atoms with Crippen LogP contribution in [0.15, 0.2) is 36.4 Å². The first-order chi connectivity index (χ1) is 10.1. The van der Waals surface area contributed by atoms with Gasteiger partial charge in [-0.2, -0.15) is 9.61 Å². The third-order valence-corrected chi connectivity index (χ3v) is 3.44. The lowest BCUT2D eigenvalue weighted by molar-refractivity contribution is 0.480. The maximum absolute atomic E-state index is 13.0. The second-order valence-electron chi connectivity index (χ2n) is 5.32. The summed E-state index contributed by atoms with van der Waals surface area (Å²) in [5.41, 5.74) is 8.34. The fourth-order valence-corrected chi connectivity index (χ4v) is 2.09. The molecule has 0 amide bonds. The standard InChI is InChI=1S/C15H16FN5/c1-9(2)14(17)15-19-18-13-8-7-12(20-21(13)15)10-3-5-11(16)6-4-10/h3-9,14H,17H2,1-2H3. The third-order valence-electron chi connectivity index (χ3n) is 3.44. The summed E-state index contributed by atoms with van der Waals surface area (Å²) in [6, 6.07) is 9.63. The zero-order valence-electron chi connectivity index (χ0n) is 11.9. The van der Waals surface area contributed by atoms with E-state index in [-0.39, 0.29) is 17.8 Å². The number of benzene rings is 1. The molecule has 1 atom stereocenters. The van der Waals surface area contributed by atoms with E-state index in [4.69, 9.17) is 5.73 Å². The first kappa shape index (κ1) is 13.6. The molecule has 2 N–H and O–H groups in total. The minimum atomic E-state index is -0.272. The molecule has 0 saturated heterocycles. The third kappa shape index (κ3) is 2.50. The predicted molar refractivity (Wildman–Crippen MR) is 77.9 cm³/mol. The molecular formula is C15H16FN5. The summed E-state index contributed by atoms with van der Waals surface area (Å²) in [5.74, 6) is 0.587. The van der Waals surface area contributed by atoms with Crippen molar-refractivity contribution in [1.82, 2.24) is 19.8 Å². The van der Waals surface area contributed by atoms with E-state index < -0.39 is 0 Å². The highest BCUT2D eigenvalue weighted by Crippen LogP contribution is 2.21. The van der Waals surface area contributed by atoms with Crippen molar-refractivity contribution in [2.45, 2.75) is 19.9 Å². The Morgan fingerprint density at radius 2 is 1.76 bits per heavy atom. The molecular weight excluding hydrogens is 269 g/mol. The van der Waals surface area contributed by atoms with Crippen molar-refractivity contribution < 1.29 is 4.39 Å². The number of nitrogens with zero attached hydrogens (tertiary/aromatic N) is 4. The van der Waals surface area contributed by atoms with Crippen LogP contribution in [0.2, 0.25) is 0 Å². The van der Waals surface area contributed by atoms with Crippen LogP contribution in [0.25, 0.3) is 16.9 Å².